The van der Waals surface area contributed by atoms with Crippen LogP contribution in [-0.2, 0) is 0 Å². The third-order valence-corrected chi connectivity index (χ3v) is 4.09. The molecule has 1 aliphatic rings. The molecular weight excluding hydrogens is 236 g/mol. The molecular formula is C16H26N2O. The molecule has 1 saturated carbocycles. The molecule has 0 bridgehead atoms. The molecule has 2 N–H and O–H groups in total. The standard InChI is InChI=1S/C16H26N2O/c1-11(2)13-5-6-16(19-4)15(9-13)18(3)10-12-7-14(17)8-12/h5-6,9,11-12,14H,7-8,10,17H2,1-4H3. The minimum absolute atomic E-state index is 0.419. The van der Waals surface area contributed by atoms with Gasteiger partial charge in [-0.3, -0.25) is 0 Å². The number of hydrogen-bond acceptors (Lipinski definition) is 3. The number of benzene rings is 1. The fourth-order valence-corrected chi connectivity index (χ4v) is 2.79. The monoisotopic (exact) mass is 262 g/mol. The van der Waals surface area contributed by atoms with E-state index in [9.17, 15) is 0 Å². The molecule has 106 valence electrons. The second-order valence-corrected chi connectivity index (χ2v) is 6.06. The van der Waals surface area contributed by atoms with Gasteiger partial charge in [0.1, 0.15) is 5.75 Å². The lowest BCUT2D eigenvalue weighted by Gasteiger charge is -2.36. The maximum atomic E-state index is 5.86. The molecule has 1 aromatic carbocycles. The van der Waals surface area contributed by atoms with Gasteiger partial charge in [-0.1, -0.05) is 19.9 Å². The molecule has 3 nitrogen and oxygen atoms in total. The van der Waals surface area contributed by atoms with Crippen LogP contribution in [-0.4, -0.2) is 26.7 Å². The number of anilines is 1. The van der Waals surface area contributed by atoms with Crippen LogP contribution in [0.1, 0.15) is 38.2 Å². The lowest BCUT2D eigenvalue weighted by molar-refractivity contribution is 0.270. The van der Waals surface area contributed by atoms with Gasteiger partial charge < -0.3 is 15.4 Å². The van der Waals surface area contributed by atoms with E-state index in [2.05, 4.69) is 44.0 Å². The summed E-state index contributed by atoms with van der Waals surface area (Å²) in [5.41, 5.74) is 8.40. The van der Waals surface area contributed by atoms with Crippen molar-refractivity contribution < 1.29 is 4.74 Å². The summed E-state index contributed by atoms with van der Waals surface area (Å²) in [5, 5.41) is 0. The maximum absolute atomic E-state index is 5.86. The topological polar surface area (TPSA) is 38.5 Å². The van der Waals surface area contributed by atoms with Gasteiger partial charge in [0.2, 0.25) is 0 Å². The van der Waals surface area contributed by atoms with Crippen molar-refractivity contribution in [1.29, 1.82) is 0 Å². The first-order valence-electron chi connectivity index (χ1n) is 7.16. The zero-order chi connectivity index (χ0) is 14.0. The van der Waals surface area contributed by atoms with Gasteiger partial charge in [0.05, 0.1) is 12.8 Å². The average Bonchev–Trinajstić information content (AvgIpc) is 2.35. The summed E-state index contributed by atoms with van der Waals surface area (Å²) in [5.74, 6) is 2.22. The Balaban J connectivity index is 2.13. The quantitative estimate of drug-likeness (QED) is 0.886. The predicted molar refractivity (Wildman–Crippen MR) is 81.1 cm³/mol. The fourth-order valence-electron chi connectivity index (χ4n) is 2.79. The summed E-state index contributed by atoms with van der Waals surface area (Å²) in [6.45, 7) is 5.50. The zero-order valence-corrected chi connectivity index (χ0v) is 12.5. The Kier molecular flexibility index (Phi) is 4.35. The van der Waals surface area contributed by atoms with Crippen LogP contribution in [0.15, 0.2) is 18.2 Å². The molecule has 1 aliphatic carbocycles. The molecule has 0 atom stereocenters. The summed E-state index contributed by atoms with van der Waals surface area (Å²) < 4.78 is 5.49. The van der Waals surface area contributed by atoms with Gasteiger partial charge in [-0.2, -0.15) is 0 Å². The number of methoxy groups -OCH3 is 1. The minimum atomic E-state index is 0.419. The Bertz CT molecular complexity index is 425. The van der Waals surface area contributed by atoms with Crippen molar-refractivity contribution in [1.82, 2.24) is 0 Å². The van der Waals surface area contributed by atoms with Gasteiger partial charge in [-0.15, -0.1) is 0 Å². The maximum Gasteiger partial charge on any atom is 0.142 e. The molecule has 19 heavy (non-hydrogen) atoms. The largest absolute Gasteiger partial charge is 0.495 e. The molecule has 0 heterocycles. The van der Waals surface area contributed by atoms with Crippen LogP contribution < -0.4 is 15.4 Å². The highest BCUT2D eigenvalue weighted by molar-refractivity contribution is 5.60. The molecule has 1 aromatic rings. The number of nitrogens with two attached hydrogens (primary N) is 1. The Morgan fingerprint density at radius 1 is 1.37 bits per heavy atom. The van der Waals surface area contributed by atoms with E-state index < -0.39 is 0 Å². The highest BCUT2D eigenvalue weighted by atomic mass is 16.5. The van der Waals surface area contributed by atoms with Crippen molar-refractivity contribution >= 4 is 5.69 Å². The molecule has 0 aromatic heterocycles. The molecule has 0 unspecified atom stereocenters. The Hall–Kier alpha value is -1.22. The number of hydrogen-bond donors (Lipinski definition) is 1. The highest BCUT2D eigenvalue weighted by Gasteiger charge is 2.27. The summed E-state index contributed by atoms with van der Waals surface area (Å²) in [4.78, 5) is 2.31. The Labute approximate surface area is 116 Å². The van der Waals surface area contributed by atoms with E-state index in [1.165, 1.54) is 11.3 Å². The number of rotatable bonds is 5. The molecule has 1 fully saturated rings. The Morgan fingerprint density at radius 2 is 2.05 bits per heavy atom. The van der Waals surface area contributed by atoms with E-state index in [-0.39, 0.29) is 0 Å². The fraction of sp³-hybridized carbons (Fsp3) is 0.625. The summed E-state index contributed by atoms with van der Waals surface area (Å²) in [6.07, 6.45) is 2.30. The average molecular weight is 262 g/mol. The number of nitrogens with zero attached hydrogens (tertiary/aromatic N) is 1. The minimum Gasteiger partial charge on any atom is -0.495 e. The van der Waals surface area contributed by atoms with Gasteiger partial charge in [0.25, 0.3) is 0 Å². The van der Waals surface area contributed by atoms with E-state index in [1.807, 2.05) is 0 Å². The molecule has 0 aliphatic heterocycles. The van der Waals surface area contributed by atoms with Gasteiger partial charge in [0.15, 0.2) is 0 Å². The summed E-state index contributed by atoms with van der Waals surface area (Å²) in [7, 11) is 3.88. The van der Waals surface area contributed by atoms with Crippen molar-refractivity contribution in [2.75, 3.05) is 25.6 Å². The van der Waals surface area contributed by atoms with E-state index in [1.54, 1.807) is 7.11 Å². The van der Waals surface area contributed by atoms with Crippen molar-refractivity contribution in [3.05, 3.63) is 23.8 Å². The normalized spacial score (nSPS) is 22.2. The SMILES string of the molecule is COc1ccc(C(C)C)cc1N(C)CC1CC(N)C1. The smallest absolute Gasteiger partial charge is 0.142 e. The van der Waals surface area contributed by atoms with Crippen LogP contribution in [0, 0.1) is 5.92 Å². The van der Waals surface area contributed by atoms with Crippen LogP contribution in [0.5, 0.6) is 5.75 Å². The van der Waals surface area contributed by atoms with E-state index in [0.717, 1.165) is 31.1 Å². The van der Waals surface area contributed by atoms with E-state index in [0.29, 0.717) is 12.0 Å². The van der Waals surface area contributed by atoms with Crippen molar-refractivity contribution in [2.45, 2.75) is 38.6 Å². The van der Waals surface area contributed by atoms with Crippen LogP contribution in [0.2, 0.25) is 0 Å². The first-order valence-corrected chi connectivity index (χ1v) is 7.16. The van der Waals surface area contributed by atoms with E-state index in [4.69, 9.17) is 10.5 Å². The second kappa shape index (κ2) is 5.83. The van der Waals surface area contributed by atoms with E-state index >= 15 is 0 Å². The van der Waals surface area contributed by atoms with Crippen LogP contribution in [0.4, 0.5) is 5.69 Å². The van der Waals surface area contributed by atoms with Crippen molar-refractivity contribution in [2.24, 2.45) is 11.7 Å². The first-order chi connectivity index (χ1) is 9.01. The van der Waals surface area contributed by atoms with Gasteiger partial charge in [0, 0.05) is 19.6 Å². The summed E-state index contributed by atoms with van der Waals surface area (Å²) in [6, 6.07) is 6.90. The van der Waals surface area contributed by atoms with Gasteiger partial charge in [-0.05, 0) is 42.4 Å². The van der Waals surface area contributed by atoms with Gasteiger partial charge in [-0.25, -0.2) is 0 Å². The lowest BCUT2D eigenvalue weighted by Crippen LogP contribution is -2.42. The third kappa shape index (κ3) is 3.21. The van der Waals surface area contributed by atoms with Crippen LogP contribution >= 0.6 is 0 Å². The van der Waals surface area contributed by atoms with Crippen LogP contribution in [0.25, 0.3) is 0 Å². The lowest BCUT2D eigenvalue weighted by atomic mass is 9.80. The Morgan fingerprint density at radius 3 is 2.58 bits per heavy atom. The molecule has 3 heteroatoms. The molecule has 0 amide bonds. The predicted octanol–water partition coefficient (Wildman–Crippen LogP) is 2.99. The van der Waals surface area contributed by atoms with Crippen molar-refractivity contribution in [3.8, 4) is 5.75 Å². The first kappa shape index (κ1) is 14.2. The number of ether oxygens (including phenoxy) is 1. The van der Waals surface area contributed by atoms with Crippen molar-refractivity contribution in [3.63, 3.8) is 0 Å². The summed E-state index contributed by atoms with van der Waals surface area (Å²) >= 11 is 0. The second-order valence-electron chi connectivity index (χ2n) is 6.06. The molecule has 0 radical (unpaired) electrons. The zero-order valence-electron chi connectivity index (χ0n) is 12.5. The molecule has 0 spiro atoms. The van der Waals surface area contributed by atoms with Gasteiger partial charge >= 0.3 is 0 Å². The third-order valence-electron chi connectivity index (χ3n) is 4.09. The molecule has 2 rings (SSSR count). The molecule has 0 saturated heterocycles. The van der Waals surface area contributed by atoms with Crippen LogP contribution in [0.3, 0.4) is 0 Å². The highest BCUT2D eigenvalue weighted by Crippen LogP contribution is 2.34.